The second-order valence-electron chi connectivity index (χ2n) is 6.34. The summed E-state index contributed by atoms with van der Waals surface area (Å²) in [6, 6.07) is 2.73. The van der Waals surface area contributed by atoms with Gasteiger partial charge in [-0.15, -0.1) is 10.2 Å². The number of alkyl halides is 3. The molecule has 0 amide bonds. The van der Waals surface area contributed by atoms with Crippen LogP contribution in [0.4, 0.5) is 17.6 Å². The van der Waals surface area contributed by atoms with Crippen LogP contribution in [0.3, 0.4) is 0 Å². The third kappa shape index (κ3) is 2.48. The van der Waals surface area contributed by atoms with Gasteiger partial charge in [-0.25, -0.2) is 4.39 Å². The van der Waals surface area contributed by atoms with E-state index in [1.807, 2.05) is 0 Å². The first-order valence-electron chi connectivity index (χ1n) is 8.03. The molecule has 0 fully saturated rings. The SMILES string of the molecule is Cc1cncc(-c2cc(F)c3c(c2)CCc2nnc(C)n2-3)c1C(F)(F)F. The van der Waals surface area contributed by atoms with E-state index >= 15 is 0 Å². The number of halogens is 4. The lowest BCUT2D eigenvalue weighted by Gasteiger charge is -2.22. The van der Waals surface area contributed by atoms with Gasteiger partial charge >= 0.3 is 6.18 Å². The van der Waals surface area contributed by atoms with Crippen molar-refractivity contribution in [1.82, 2.24) is 19.7 Å². The van der Waals surface area contributed by atoms with Gasteiger partial charge in [0, 0.05) is 24.4 Å². The van der Waals surface area contributed by atoms with Gasteiger partial charge in [-0.05, 0) is 49.1 Å². The van der Waals surface area contributed by atoms with E-state index < -0.39 is 17.6 Å². The second kappa shape index (κ2) is 5.62. The summed E-state index contributed by atoms with van der Waals surface area (Å²) in [4.78, 5) is 3.87. The largest absolute Gasteiger partial charge is 0.417 e. The van der Waals surface area contributed by atoms with Crippen molar-refractivity contribution in [2.24, 2.45) is 0 Å². The molecule has 0 spiro atoms. The summed E-state index contributed by atoms with van der Waals surface area (Å²) in [5.74, 6) is 0.589. The van der Waals surface area contributed by atoms with Gasteiger partial charge in [0.15, 0.2) is 0 Å². The zero-order chi connectivity index (χ0) is 18.6. The number of aromatic nitrogens is 4. The minimum absolute atomic E-state index is 0.00469. The minimum Gasteiger partial charge on any atom is -0.280 e. The molecule has 1 aliphatic heterocycles. The highest BCUT2D eigenvalue weighted by molar-refractivity contribution is 5.71. The Balaban J connectivity index is 1.95. The normalized spacial score (nSPS) is 13.5. The van der Waals surface area contributed by atoms with Crippen LogP contribution in [-0.2, 0) is 19.0 Å². The molecule has 3 heterocycles. The van der Waals surface area contributed by atoms with Gasteiger partial charge in [0.2, 0.25) is 0 Å². The Morgan fingerprint density at radius 2 is 1.81 bits per heavy atom. The van der Waals surface area contributed by atoms with Crippen LogP contribution in [0.25, 0.3) is 16.8 Å². The molecule has 4 nitrogen and oxygen atoms in total. The summed E-state index contributed by atoms with van der Waals surface area (Å²) in [5.41, 5.74) is 0.204. The van der Waals surface area contributed by atoms with E-state index in [1.54, 1.807) is 17.6 Å². The van der Waals surface area contributed by atoms with E-state index in [-0.39, 0.29) is 16.7 Å². The Morgan fingerprint density at radius 1 is 1.04 bits per heavy atom. The highest BCUT2D eigenvalue weighted by atomic mass is 19.4. The molecule has 0 bridgehead atoms. The van der Waals surface area contributed by atoms with Crippen molar-refractivity contribution in [3.05, 3.63) is 58.7 Å². The molecule has 2 aromatic heterocycles. The molecule has 4 rings (SSSR count). The lowest BCUT2D eigenvalue weighted by Crippen LogP contribution is -2.16. The summed E-state index contributed by atoms with van der Waals surface area (Å²) in [6.07, 6.45) is -1.22. The van der Waals surface area contributed by atoms with Crippen LogP contribution in [0.15, 0.2) is 24.5 Å². The molecule has 134 valence electrons. The average molecular weight is 362 g/mol. The van der Waals surface area contributed by atoms with Gasteiger partial charge < -0.3 is 0 Å². The Labute approximate surface area is 146 Å². The maximum Gasteiger partial charge on any atom is 0.417 e. The monoisotopic (exact) mass is 362 g/mol. The number of benzene rings is 1. The minimum atomic E-state index is -4.55. The third-order valence-corrected chi connectivity index (χ3v) is 4.61. The van der Waals surface area contributed by atoms with Gasteiger partial charge in [0.05, 0.1) is 11.3 Å². The number of fused-ring (bicyclic) bond motifs is 3. The van der Waals surface area contributed by atoms with Gasteiger partial charge in [-0.2, -0.15) is 13.2 Å². The standard InChI is InChI=1S/C18H14F4N4/c1-9-7-23-8-13(16(9)18(20,21)22)12-5-11-3-4-15-25-24-10(2)26(15)17(11)14(19)6-12/h5-8H,3-4H2,1-2H3. The molecule has 8 heteroatoms. The van der Waals surface area contributed by atoms with Crippen molar-refractivity contribution in [2.75, 3.05) is 0 Å². The predicted molar refractivity (Wildman–Crippen MR) is 86.4 cm³/mol. The third-order valence-electron chi connectivity index (χ3n) is 4.61. The van der Waals surface area contributed by atoms with E-state index in [4.69, 9.17) is 0 Å². The fourth-order valence-electron chi connectivity index (χ4n) is 3.52. The predicted octanol–water partition coefficient (Wildman–Crippen LogP) is 4.20. The quantitative estimate of drug-likeness (QED) is 0.610. The summed E-state index contributed by atoms with van der Waals surface area (Å²) in [7, 11) is 0. The summed E-state index contributed by atoms with van der Waals surface area (Å²) >= 11 is 0. The van der Waals surface area contributed by atoms with E-state index in [2.05, 4.69) is 15.2 Å². The van der Waals surface area contributed by atoms with E-state index in [0.717, 1.165) is 18.5 Å². The summed E-state index contributed by atoms with van der Waals surface area (Å²) in [5, 5.41) is 7.99. The van der Waals surface area contributed by atoms with Crippen molar-refractivity contribution in [3.8, 4) is 16.8 Å². The van der Waals surface area contributed by atoms with Crippen LogP contribution >= 0.6 is 0 Å². The van der Waals surface area contributed by atoms with Crippen LogP contribution in [0.5, 0.6) is 0 Å². The molecule has 1 aromatic carbocycles. The van der Waals surface area contributed by atoms with Crippen LogP contribution in [-0.4, -0.2) is 19.7 Å². The lowest BCUT2D eigenvalue weighted by molar-refractivity contribution is -0.137. The molecule has 1 aliphatic rings. The smallest absolute Gasteiger partial charge is 0.280 e. The molecule has 0 aliphatic carbocycles. The summed E-state index contributed by atoms with van der Waals surface area (Å²) in [6.45, 7) is 3.06. The van der Waals surface area contributed by atoms with Crippen molar-refractivity contribution >= 4 is 0 Å². The Kier molecular flexibility index (Phi) is 3.61. The first-order chi connectivity index (χ1) is 12.3. The van der Waals surface area contributed by atoms with Gasteiger partial charge in [-0.3, -0.25) is 9.55 Å². The Morgan fingerprint density at radius 3 is 2.54 bits per heavy atom. The topological polar surface area (TPSA) is 43.6 Å². The van der Waals surface area contributed by atoms with Crippen molar-refractivity contribution in [2.45, 2.75) is 32.9 Å². The van der Waals surface area contributed by atoms with Gasteiger partial charge in [0.25, 0.3) is 0 Å². The average Bonchev–Trinajstić information content (AvgIpc) is 2.94. The number of pyridine rings is 1. The van der Waals surface area contributed by atoms with Crippen LogP contribution in [0.1, 0.15) is 28.3 Å². The molecule has 0 saturated carbocycles. The number of hydrogen-bond donors (Lipinski definition) is 0. The van der Waals surface area contributed by atoms with Crippen LogP contribution in [0.2, 0.25) is 0 Å². The molecule has 3 aromatic rings. The zero-order valence-corrected chi connectivity index (χ0v) is 14.0. The molecular weight excluding hydrogens is 348 g/mol. The molecule has 0 atom stereocenters. The van der Waals surface area contributed by atoms with Crippen molar-refractivity contribution in [1.29, 1.82) is 0 Å². The number of aryl methyl sites for hydroxylation is 4. The zero-order valence-electron chi connectivity index (χ0n) is 14.0. The molecule has 0 unspecified atom stereocenters. The first-order valence-corrected chi connectivity index (χ1v) is 8.03. The number of nitrogens with zero attached hydrogens (tertiary/aromatic N) is 4. The first kappa shape index (κ1) is 16.7. The van der Waals surface area contributed by atoms with Crippen LogP contribution in [0, 0.1) is 19.7 Å². The molecule has 26 heavy (non-hydrogen) atoms. The highest BCUT2D eigenvalue weighted by Crippen LogP contribution is 2.40. The molecule has 0 radical (unpaired) electrons. The fraction of sp³-hybridized carbons (Fsp3) is 0.278. The Bertz CT molecular complexity index is 1020. The van der Waals surface area contributed by atoms with E-state index in [9.17, 15) is 17.6 Å². The molecule has 0 N–H and O–H groups in total. The number of rotatable bonds is 1. The Hall–Kier alpha value is -2.77. The van der Waals surface area contributed by atoms with Crippen LogP contribution < -0.4 is 0 Å². The lowest BCUT2D eigenvalue weighted by atomic mass is 9.93. The number of hydrogen-bond acceptors (Lipinski definition) is 3. The van der Waals surface area contributed by atoms with Gasteiger partial charge in [0.1, 0.15) is 17.5 Å². The van der Waals surface area contributed by atoms with Gasteiger partial charge in [-0.1, -0.05) is 0 Å². The molecule has 0 saturated heterocycles. The second-order valence-corrected chi connectivity index (χ2v) is 6.34. The van der Waals surface area contributed by atoms with Crippen molar-refractivity contribution in [3.63, 3.8) is 0 Å². The van der Waals surface area contributed by atoms with Crippen molar-refractivity contribution < 1.29 is 17.6 Å². The fourth-order valence-corrected chi connectivity index (χ4v) is 3.52. The van der Waals surface area contributed by atoms with E-state index in [1.165, 1.54) is 6.92 Å². The maximum atomic E-state index is 14.9. The molecular formula is C18H14F4N4. The maximum absolute atomic E-state index is 14.9. The summed E-state index contributed by atoms with van der Waals surface area (Å²) < 4.78 is 57.0. The highest BCUT2D eigenvalue weighted by Gasteiger charge is 2.36. The van der Waals surface area contributed by atoms with E-state index in [0.29, 0.717) is 35.7 Å².